The smallest absolute Gasteiger partial charge is 0.378 e. The highest BCUT2D eigenvalue weighted by atomic mass is 19.4. The van der Waals surface area contributed by atoms with Gasteiger partial charge in [0.05, 0.1) is 18.8 Å². The third kappa shape index (κ3) is 4.71. The van der Waals surface area contributed by atoms with E-state index in [2.05, 4.69) is 10.6 Å². The van der Waals surface area contributed by atoms with Gasteiger partial charge < -0.3 is 15.4 Å². The van der Waals surface area contributed by atoms with E-state index in [0.29, 0.717) is 26.2 Å². The van der Waals surface area contributed by atoms with E-state index in [1.807, 2.05) is 6.92 Å². The molecule has 0 radical (unpaired) electrons. The van der Waals surface area contributed by atoms with E-state index < -0.39 is 11.7 Å². The van der Waals surface area contributed by atoms with Gasteiger partial charge in [0, 0.05) is 12.6 Å². The first-order chi connectivity index (χ1) is 10.4. The van der Waals surface area contributed by atoms with Crippen LogP contribution in [0, 0.1) is 0 Å². The minimum Gasteiger partial charge on any atom is -0.378 e. The van der Waals surface area contributed by atoms with Crippen LogP contribution in [0.25, 0.3) is 0 Å². The minimum atomic E-state index is -4.33. The fourth-order valence-corrected chi connectivity index (χ4v) is 2.31. The lowest BCUT2D eigenvalue weighted by Gasteiger charge is -2.24. The van der Waals surface area contributed by atoms with Gasteiger partial charge in [-0.1, -0.05) is 12.1 Å². The summed E-state index contributed by atoms with van der Waals surface area (Å²) in [6.07, 6.45) is -3.86. The summed E-state index contributed by atoms with van der Waals surface area (Å²) in [5.41, 5.74) is 0.0742. The maximum Gasteiger partial charge on any atom is 0.416 e. The van der Waals surface area contributed by atoms with Crippen LogP contribution in [0.3, 0.4) is 0 Å². The first-order valence-electron chi connectivity index (χ1n) is 7.14. The number of carbonyl (C=O) groups excluding carboxylic acids is 1. The number of hydrogen-bond acceptors (Lipinski definition) is 3. The molecule has 2 atom stereocenters. The topological polar surface area (TPSA) is 50.4 Å². The van der Waals surface area contributed by atoms with Gasteiger partial charge in [-0.25, -0.2) is 0 Å². The van der Waals surface area contributed by atoms with Gasteiger partial charge in [-0.2, -0.15) is 13.2 Å². The monoisotopic (exact) mass is 316 g/mol. The van der Waals surface area contributed by atoms with Crippen molar-refractivity contribution in [2.45, 2.75) is 31.6 Å². The normalized spacial score (nSPS) is 20.5. The standard InChI is InChI=1S/C15H19F3N2O2/c1-10(20-14(21)13-9-22-7-6-19-13)8-11-2-4-12(5-3-11)15(16,17)18/h2-5,10,13,19H,6-9H2,1H3,(H,20,21). The summed E-state index contributed by atoms with van der Waals surface area (Å²) in [5.74, 6) is -0.154. The number of amides is 1. The van der Waals surface area contributed by atoms with Gasteiger partial charge in [-0.05, 0) is 31.0 Å². The number of nitrogens with one attached hydrogen (secondary N) is 2. The second-order valence-corrected chi connectivity index (χ2v) is 5.39. The SMILES string of the molecule is CC(Cc1ccc(C(F)(F)F)cc1)NC(=O)C1COCCN1. The summed E-state index contributed by atoms with van der Waals surface area (Å²) >= 11 is 0. The third-order valence-corrected chi connectivity index (χ3v) is 3.45. The van der Waals surface area contributed by atoms with Crippen molar-refractivity contribution in [3.8, 4) is 0 Å². The van der Waals surface area contributed by atoms with Crippen molar-refractivity contribution < 1.29 is 22.7 Å². The highest BCUT2D eigenvalue weighted by molar-refractivity contribution is 5.82. The third-order valence-electron chi connectivity index (χ3n) is 3.45. The summed E-state index contributed by atoms with van der Waals surface area (Å²) in [7, 11) is 0. The molecule has 22 heavy (non-hydrogen) atoms. The second-order valence-electron chi connectivity index (χ2n) is 5.39. The van der Waals surface area contributed by atoms with Crippen LogP contribution in [0.2, 0.25) is 0 Å². The summed E-state index contributed by atoms with van der Waals surface area (Å²) in [6, 6.07) is 4.44. The highest BCUT2D eigenvalue weighted by Crippen LogP contribution is 2.29. The van der Waals surface area contributed by atoms with E-state index in [9.17, 15) is 18.0 Å². The highest BCUT2D eigenvalue weighted by Gasteiger charge is 2.30. The molecular weight excluding hydrogens is 297 g/mol. The second kappa shape index (κ2) is 7.11. The Kier molecular flexibility index (Phi) is 5.42. The lowest BCUT2D eigenvalue weighted by Crippen LogP contribution is -2.53. The molecular formula is C15H19F3N2O2. The first kappa shape index (κ1) is 16.8. The molecule has 1 saturated heterocycles. The molecule has 2 unspecified atom stereocenters. The van der Waals surface area contributed by atoms with E-state index in [1.165, 1.54) is 12.1 Å². The summed E-state index contributed by atoms with van der Waals surface area (Å²) in [6.45, 7) is 3.37. The number of halogens is 3. The van der Waals surface area contributed by atoms with E-state index >= 15 is 0 Å². The van der Waals surface area contributed by atoms with Gasteiger partial charge in [0.1, 0.15) is 6.04 Å². The van der Waals surface area contributed by atoms with E-state index in [-0.39, 0.29) is 18.0 Å². The largest absolute Gasteiger partial charge is 0.416 e. The quantitative estimate of drug-likeness (QED) is 0.890. The van der Waals surface area contributed by atoms with Gasteiger partial charge in [0.25, 0.3) is 0 Å². The Morgan fingerprint density at radius 2 is 2.09 bits per heavy atom. The zero-order valence-corrected chi connectivity index (χ0v) is 12.2. The molecule has 1 aliphatic rings. The van der Waals surface area contributed by atoms with Crippen LogP contribution in [0.1, 0.15) is 18.1 Å². The number of hydrogen-bond donors (Lipinski definition) is 2. The summed E-state index contributed by atoms with van der Waals surface area (Å²) < 4.78 is 42.7. The maximum absolute atomic E-state index is 12.5. The lowest BCUT2D eigenvalue weighted by molar-refractivity contribution is -0.137. The van der Waals surface area contributed by atoms with Crippen LogP contribution in [0.4, 0.5) is 13.2 Å². The van der Waals surface area contributed by atoms with Crippen molar-refractivity contribution in [1.82, 2.24) is 10.6 Å². The number of rotatable bonds is 4. The Bertz CT molecular complexity index is 497. The average Bonchev–Trinajstić information content (AvgIpc) is 2.47. The molecule has 2 N–H and O–H groups in total. The maximum atomic E-state index is 12.5. The predicted octanol–water partition coefficient (Wildman–Crippen LogP) is 1.74. The van der Waals surface area contributed by atoms with Crippen LogP contribution in [-0.2, 0) is 22.1 Å². The first-order valence-corrected chi connectivity index (χ1v) is 7.14. The number of carbonyl (C=O) groups is 1. The zero-order chi connectivity index (χ0) is 16.2. The lowest BCUT2D eigenvalue weighted by atomic mass is 10.0. The Hall–Kier alpha value is -1.60. The molecule has 122 valence electrons. The van der Waals surface area contributed by atoms with Gasteiger partial charge in [-0.15, -0.1) is 0 Å². The van der Waals surface area contributed by atoms with Crippen molar-refractivity contribution in [2.75, 3.05) is 19.8 Å². The Balaban J connectivity index is 1.86. The number of benzene rings is 1. The average molecular weight is 316 g/mol. The van der Waals surface area contributed by atoms with Crippen LogP contribution < -0.4 is 10.6 Å². The van der Waals surface area contributed by atoms with E-state index in [1.54, 1.807) is 0 Å². The molecule has 4 nitrogen and oxygen atoms in total. The molecule has 0 bridgehead atoms. The van der Waals surface area contributed by atoms with E-state index in [4.69, 9.17) is 4.74 Å². The number of morpholine rings is 1. The van der Waals surface area contributed by atoms with Crippen molar-refractivity contribution in [2.24, 2.45) is 0 Å². The molecule has 0 saturated carbocycles. The van der Waals surface area contributed by atoms with Gasteiger partial charge in [0.15, 0.2) is 0 Å². The minimum absolute atomic E-state index is 0.154. The molecule has 1 aliphatic heterocycles. The number of ether oxygens (including phenoxy) is 1. The Morgan fingerprint density at radius 3 is 2.64 bits per heavy atom. The molecule has 7 heteroatoms. The fraction of sp³-hybridized carbons (Fsp3) is 0.533. The van der Waals surface area contributed by atoms with Gasteiger partial charge >= 0.3 is 6.18 Å². The molecule has 1 aromatic carbocycles. The van der Waals surface area contributed by atoms with Gasteiger partial charge in [-0.3, -0.25) is 4.79 Å². The van der Waals surface area contributed by atoms with Gasteiger partial charge in [0.2, 0.25) is 5.91 Å². The van der Waals surface area contributed by atoms with Crippen molar-refractivity contribution in [3.63, 3.8) is 0 Å². The predicted molar refractivity (Wildman–Crippen MR) is 75.4 cm³/mol. The van der Waals surface area contributed by atoms with Crippen molar-refractivity contribution in [3.05, 3.63) is 35.4 Å². The van der Waals surface area contributed by atoms with Crippen LogP contribution in [0.5, 0.6) is 0 Å². The molecule has 0 aromatic heterocycles. The van der Waals surface area contributed by atoms with Crippen LogP contribution in [-0.4, -0.2) is 37.7 Å². The molecule has 1 fully saturated rings. The molecule has 1 amide bonds. The fourth-order valence-electron chi connectivity index (χ4n) is 2.31. The van der Waals surface area contributed by atoms with E-state index in [0.717, 1.165) is 17.7 Å². The summed E-state index contributed by atoms with van der Waals surface area (Å²) in [4.78, 5) is 12.0. The van der Waals surface area contributed by atoms with Crippen LogP contribution >= 0.6 is 0 Å². The molecule has 0 spiro atoms. The van der Waals surface area contributed by atoms with Crippen molar-refractivity contribution in [1.29, 1.82) is 0 Å². The molecule has 1 aromatic rings. The van der Waals surface area contributed by atoms with Crippen molar-refractivity contribution >= 4 is 5.91 Å². The number of alkyl halides is 3. The Labute approximate surface area is 127 Å². The summed E-state index contributed by atoms with van der Waals surface area (Å²) in [5, 5.41) is 5.89. The Morgan fingerprint density at radius 1 is 1.41 bits per heavy atom. The molecule has 2 rings (SSSR count). The zero-order valence-electron chi connectivity index (χ0n) is 12.2. The molecule has 1 heterocycles. The van der Waals surface area contributed by atoms with Crippen LogP contribution in [0.15, 0.2) is 24.3 Å². The molecule has 0 aliphatic carbocycles.